The molecule has 1 rings (SSSR count). The number of aliphatic carboxylic acids is 1. The Kier molecular flexibility index (Phi) is 5.28. The fraction of sp³-hybridized carbons (Fsp3) is 0.636. The minimum absolute atomic E-state index is 0.150. The van der Waals surface area contributed by atoms with E-state index in [-0.39, 0.29) is 13.1 Å². The predicted octanol–water partition coefficient (Wildman–Crippen LogP) is -0.845. The zero-order valence-electron chi connectivity index (χ0n) is 10.6. The van der Waals surface area contributed by atoms with Crippen molar-refractivity contribution in [3.05, 3.63) is 0 Å². The Balaban J connectivity index is 2.26. The number of nitrogens with zero attached hydrogens (tertiary/aromatic N) is 1. The van der Waals surface area contributed by atoms with E-state index in [2.05, 4.69) is 10.6 Å². The van der Waals surface area contributed by atoms with E-state index in [1.807, 2.05) is 0 Å². The van der Waals surface area contributed by atoms with Crippen LogP contribution in [0.25, 0.3) is 0 Å². The molecule has 0 spiro atoms. The van der Waals surface area contributed by atoms with Crippen molar-refractivity contribution in [3.8, 4) is 0 Å². The van der Waals surface area contributed by atoms with Crippen molar-refractivity contribution in [2.24, 2.45) is 5.92 Å². The van der Waals surface area contributed by atoms with Crippen LogP contribution in [0.5, 0.6) is 0 Å². The highest BCUT2D eigenvalue weighted by atomic mass is 16.4. The Bertz CT molecular complexity index is 380. The van der Waals surface area contributed by atoms with Crippen LogP contribution in [0, 0.1) is 5.92 Å². The van der Waals surface area contributed by atoms with Crippen LogP contribution in [0.3, 0.4) is 0 Å². The standard InChI is InChI=1S/C11H17N3O5/c1-7(10(17)18)3-2-4-12-11(19)14-5-8(15)13-9(16)6-14/h7H,2-6H2,1H3,(H,12,19)(H,17,18)(H,13,15,16). The maximum absolute atomic E-state index is 11.6. The van der Waals surface area contributed by atoms with E-state index in [4.69, 9.17) is 5.11 Å². The van der Waals surface area contributed by atoms with Crippen molar-refractivity contribution in [2.75, 3.05) is 19.6 Å². The van der Waals surface area contributed by atoms with Gasteiger partial charge in [0.15, 0.2) is 0 Å². The summed E-state index contributed by atoms with van der Waals surface area (Å²) in [4.78, 5) is 45.4. The van der Waals surface area contributed by atoms with Crippen LogP contribution in [-0.2, 0) is 14.4 Å². The second kappa shape index (κ2) is 6.72. The Morgan fingerprint density at radius 2 is 1.95 bits per heavy atom. The van der Waals surface area contributed by atoms with Crippen molar-refractivity contribution < 1.29 is 24.3 Å². The van der Waals surface area contributed by atoms with E-state index in [9.17, 15) is 19.2 Å². The van der Waals surface area contributed by atoms with Crippen LogP contribution in [-0.4, -0.2) is 53.5 Å². The third-order valence-corrected chi connectivity index (χ3v) is 2.75. The molecule has 8 heteroatoms. The molecule has 1 atom stereocenters. The van der Waals surface area contributed by atoms with Crippen LogP contribution < -0.4 is 10.6 Å². The molecule has 0 radical (unpaired) electrons. The van der Waals surface area contributed by atoms with Crippen LogP contribution in [0.1, 0.15) is 19.8 Å². The molecule has 1 heterocycles. The van der Waals surface area contributed by atoms with Gasteiger partial charge in [0, 0.05) is 6.54 Å². The SMILES string of the molecule is CC(CCCNC(=O)N1CC(=O)NC(=O)C1)C(=O)O. The number of piperazine rings is 1. The zero-order chi connectivity index (χ0) is 14.4. The molecule has 106 valence electrons. The highest BCUT2D eigenvalue weighted by Crippen LogP contribution is 2.04. The lowest BCUT2D eigenvalue weighted by Crippen LogP contribution is -2.55. The maximum Gasteiger partial charge on any atom is 0.318 e. The number of hydrogen-bond donors (Lipinski definition) is 3. The first-order chi connectivity index (χ1) is 8.90. The van der Waals surface area contributed by atoms with E-state index in [1.165, 1.54) is 0 Å². The van der Waals surface area contributed by atoms with E-state index >= 15 is 0 Å². The molecule has 0 aromatic rings. The lowest BCUT2D eigenvalue weighted by molar-refractivity contribution is -0.141. The fourth-order valence-corrected chi connectivity index (χ4v) is 1.62. The molecule has 8 nitrogen and oxygen atoms in total. The first-order valence-corrected chi connectivity index (χ1v) is 5.98. The number of hydrogen-bond acceptors (Lipinski definition) is 4. The molecule has 0 aliphatic carbocycles. The number of carboxylic acids is 1. The summed E-state index contributed by atoms with van der Waals surface area (Å²) < 4.78 is 0. The number of carboxylic acid groups (broad SMARTS) is 1. The quantitative estimate of drug-likeness (QED) is 0.445. The number of amides is 4. The first kappa shape index (κ1) is 14.9. The predicted molar refractivity (Wildman–Crippen MR) is 64.2 cm³/mol. The van der Waals surface area contributed by atoms with Gasteiger partial charge in [-0.2, -0.15) is 0 Å². The zero-order valence-corrected chi connectivity index (χ0v) is 10.6. The minimum Gasteiger partial charge on any atom is -0.481 e. The molecule has 0 saturated carbocycles. The van der Waals surface area contributed by atoms with Crippen molar-refractivity contribution in [3.63, 3.8) is 0 Å². The Hall–Kier alpha value is -2.12. The Morgan fingerprint density at radius 3 is 2.47 bits per heavy atom. The lowest BCUT2D eigenvalue weighted by Gasteiger charge is -2.25. The lowest BCUT2D eigenvalue weighted by atomic mass is 10.1. The topological polar surface area (TPSA) is 116 Å². The van der Waals surface area contributed by atoms with Crippen molar-refractivity contribution in [1.82, 2.24) is 15.5 Å². The van der Waals surface area contributed by atoms with E-state index in [0.717, 1.165) is 4.90 Å². The molecule has 0 aromatic heterocycles. The van der Waals surface area contributed by atoms with Gasteiger partial charge in [0.1, 0.15) is 13.1 Å². The molecular formula is C11H17N3O5. The molecule has 0 bridgehead atoms. The highest BCUT2D eigenvalue weighted by molar-refractivity contribution is 6.02. The number of nitrogens with one attached hydrogen (secondary N) is 2. The molecule has 1 aliphatic rings. The van der Waals surface area contributed by atoms with Crippen molar-refractivity contribution in [2.45, 2.75) is 19.8 Å². The van der Waals surface area contributed by atoms with Gasteiger partial charge in [-0.15, -0.1) is 0 Å². The van der Waals surface area contributed by atoms with Gasteiger partial charge in [-0.3, -0.25) is 19.7 Å². The van der Waals surface area contributed by atoms with Gasteiger partial charge >= 0.3 is 12.0 Å². The number of urea groups is 1. The van der Waals surface area contributed by atoms with Gasteiger partial charge in [-0.1, -0.05) is 6.92 Å². The van der Waals surface area contributed by atoms with Gasteiger partial charge < -0.3 is 15.3 Å². The second-order valence-electron chi connectivity index (χ2n) is 4.44. The molecule has 4 amide bonds. The molecular weight excluding hydrogens is 254 g/mol. The molecule has 0 aromatic carbocycles. The molecule has 1 unspecified atom stereocenters. The summed E-state index contributed by atoms with van der Waals surface area (Å²) in [6.07, 6.45) is 0.974. The van der Waals surface area contributed by atoms with Gasteiger partial charge in [0.2, 0.25) is 11.8 Å². The summed E-state index contributed by atoms with van der Waals surface area (Å²) in [5.41, 5.74) is 0. The first-order valence-electron chi connectivity index (χ1n) is 5.98. The van der Waals surface area contributed by atoms with Crippen LogP contribution >= 0.6 is 0 Å². The average molecular weight is 271 g/mol. The third kappa shape index (κ3) is 4.94. The Labute approximate surface area is 110 Å². The molecule has 3 N–H and O–H groups in total. The van der Waals surface area contributed by atoms with E-state index in [1.54, 1.807) is 6.92 Å². The minimum atomic E-state index is -0.871. The fourth-order valence-electron chi connectivity index (χ4n) is 1.62. The summed E-state index contributed by atoms with van der Waals surface area (Å²) in [6.45, 7) is 1.60. The largest absolute Gasteiger partial charge is 0.481 e. The smallest absolute Gasteiger partial charge is 0.318 e. The van der Waals surface area contributed by atoms with Gasteiger partial charge in [-0.05, 0) is 12.8 Å². The maximum atomic E-state index is 11.6. The van der Waals surface area contributed by atoms with Crippen LogP contribution in [0.2, 0.25) is 0 Å². The summed E-state index contributed by atoms with van der Waals surface area (Å²) in [5.74, 6) is -2.35. The molecule has 19 heavy (non-hydrogen) atoms. The number of rotatable bonds is 5. The summed E-state index contributed by atoms with van der Waals surface area (Å²) >= 11 is 0. The van der Waals surface area contributed by atoms with Crippen molar-refractivity contribution >= 4 is 23.8 Å². The second-order valence-corrected chi connectivity index (χ2v) is 4.44. The number of carbonyl (C=O) groups is 4. The van der Waals surface area contributed by atoms with Gasteiger partial charge in [0.25, 0.3) is 0 Å². The summed E-state index contributed by atoms with van der Waals surface area (Å²) in [7, 11) is 0. The molecule has 1 fully saturated rings. The number of imide groups is 1. The van der Waals surface area contributed by atoms with Crippen LogP contribution in [0.4, 0.5) is 4.79 Å². The van der Waals surface area contributed by atoms with Gasteiger partial charge in [0.05, 0.1) is 5.92 Å². The van der Waals surface area contributed by atoms with Gasteiger partial charge in [-0.25, -0.2) is 4.79 Å². The Morgan fingerprint density at radius 1 is 1.37 bits per heavy atom. The molecule has 1 aliphatic heterocycles. The van der Waals surface area contributed by atoms with E-state index in [0.29, 0.717) is 19.4 Å². The average Bonchev–Trinajstić information content (AvgIpc) is 2.32. The highest BCUT2D eigenvalue weighted by Gasteiger charge is 2.25. The summed E-state index contributed by atoms with van der Waals surface area (Å²) in [5, 5.41) is 13.3. The summed E-state index contributed by atoms with van der Waals surface area (Å²) in [6, 6.07) is -0.494. The number of carbonyl (C=O) groups excluding carboxylic acids is 3. The molecule has 1 saturated heterocycles. The van der Waals surface area contributed by atoms with E-state index < -0.39 is 29.7 Å². The third-order valence-electron chi connectivity index (χ3n) is 2.75. The van der Waals surface area contributed by atoms with Crippen LogP contribution in [0.15, 0.2) is 0 Å². The monoisotopic (exact) mass is 271 g/mol. The normalized spacial score (nSPS) is 16.8. The van der Waals surface area contributed by atoms with Crippen molar-refractivity contribution in [1.29, 1.82) is 0 Å².